The van der Waals surface area contributed by atoms with Gasteiger partial charge in [0, 0.05) is 23.6 Å². The minimum atomic E-state index is 0.190. The van der Waals surface area contributed by atoms with Gasteiger partial charge in [-0.2, -0.15) is 0 Å². The van der Waals surface area contributed by atoms with Crippen molar-refractivity contribution in [3.8, 4) is 0 Å². The molecule has 0 aliphatic carbocycles. The van der Waals surface area contributed by atoms with Gasteiger partial charge in [0.1, 0.15) is 0 Å². The van der Waals surface area contributed by atoms with Crippen molar-refractivity contribution < 1.29 is 5.11 Å². The molecule has 0 spiro atoms. The Labute approximate surface area is 96.5 Å². The summed E-state index contributed by atoms with van der Waals surface area (Å²) in [5.41, 5.74) is 3.88. The molecular weight excluding hydrogens is 198 g/mol. The molecule has 0 saturated heterocycles. The molecule has 2 nitrogen and oxygen atoms in total. The molecule has 86 valence electrons. The van der Waals surface area contributed by atoms with Gasteiger partial charge in [-0.1, -0.05) is 25.5 Å². The van der Waals surface area contributed by atoms with E-state index in [0.29, 0.717) is 12.5 Å². The van der Waals surface area contributed by atoms with Crippen LogP contribution in [-0.4, -0.2) is 16.3 Å². The summed E-state index contributed by atoms with van der Waals surface area (Å²) in [6.07, 6.45) is 2.17. The van der Waals surface area contributed by atoms with Crippen LogP contribution in [0.25, 0.3) is 10.9 Å². The highest BCUT2D eigenvalue weighted by atomic mass is 16.3. The van der Waals surface area contributed by atoms with Crippen LogP contribution in [0.1, 0.15) is 30.9 Å². The number of nitrogens with zero attached hydrogens (tertiary/aromatic N) is 1. The smallest absolute Gasteiger partial charge is 0.0610 e. The third kappa shape index (κ3) is 1.85. The average molecular weight is 217 g/mol. The van der Waals surface area contributed by atoms with E-state index in [4.69, 9.17) is 5.11 Å². The molecule has 1 heterocycles. The Morgan fingerprint density at radius 3 is 2.69 bits per heavy atom. The lowest BCUT2D eigenvalue weighted by atomic mass is 10.0. The number of aliphatic hydroxyl groups is 1. The Morgan fingerprint density at radius 2 is 2.06 bits per heavy atom. The van der Waals surface area contributed by atoms with Crippen molar-refractivity contribution in [2.45, 2.75) is 33.2 Å². The van der Waals surface area contributed by atoms with Gasteiger partial charge in [-0.15, -0.1) is 0 Å². The Kier molecular flexibility index (Phi) is 3.01. The molecule has 0 fully saturated rings. The van der Waals surface area contributed by atoms with Crippen LogP contribution in [0.3, 0.4) is 0 Å². The Balaban J connectivity index is 2.66. The molecule has 0 unspecified atom stereocenters. The normalized spacial score (nSPS) is 11.6. The molecule has 16 heavy (non-hydrogen) atoms. The van der Waals surface area contributed by atoms with E-state index in [0.717, 1.165) is 0 Å². The van der Waals surface area contributed by atoms with Gasteiger partial charge in [-0.3, -0.25) is 0 Å². The molecule has 0 amide bonds. The summed E-state index contributed by atoms with van der Waals surface area (Å²) in [6, 6.07) is 6.51. The average Bonchev–Trinajstić information content (AvgIpc) is 2.57. The van der Waals surface area contributed by atoms with Gasteiger partial charge in [0.25, 0.3) is 0 Å². The molecule has 2 aromatic rings. The van der Waals surface area contributed by atoms with Crippen LogP contribution in [0, 0.1) is 6.92 Å². The number of fused-ring (bicyclic) bond motifs is 1. The van der Waals surface area contributed by atoms with Crippen LogP contribution in [-0.2, 0) is 6.54 Å². The minimum Gasteiger partial charge on any atom is -0.395 e. The van der Waals surface area contributed by atoms with Crippen molar-refractivity contribution in [2.75, 3.05) is 6.61 Å². The Hall–Kier alpha value is -1.28. The summed E-state index contributed by atoms with van der Waals surface area (Å²) < 4.78 is 2.14. The standard InChI is InChI=1S/C14H19NO/c1-10(2)13-9-15(6-7-16)14-5-4-11(3)8-12(13)14/h4-5,8-10,16H,6-7H2,1-3H3. The first-order valence-corrected chi connectivity index (χ1v) is 5.83. The quantitative estimate of drug-likeness (QED) is 0.839. The van der Waals surface area contributed by atoms with Gasteiger partial charge < -0.3 is 9.67 Å². The fourth-order valence-electron chi connectivity index (χ4n) is 2.19. The van der Waals surface area contributed by atoms with E-state index in [1.807, 2.05) is 0 Å². The second kappa shape index (κ2) is 4.30. The van der Waals surface area contributed by atoms with E-state index >= 15 is 0 Å². The number of hydrogen-bond acceptors (Lipinski definition) is 1. The molecule has 1 aromatic heterocycles. The van der Waals surface area contributed by atoms with Crippen molar-refractivity contribution in [1.29, 1.82) is 0 Å². The Bertz CT molecular complexity index is 497. The second-order valence-electron chi connectivity index (χ2n) is 4.68. The van der Waals surface area contributed by atoms with Crippen LogP contribution in [0.4, 0.5) is 0 Å². The van der Waals surface area contributed by atoms with Crippen LogP contribution in [0.15, 0.2) is 24.4 Å². The van der Waals surface area contributed by atoms with Gasteiger partial charge in [-0.05, 0) is 30.5 Å². The maximum Gasteiger partial charge on any atom is 0.0610 e. The third-order valence-electron chi connectivity index (χ3n) is 3.03. The zero-order valence-electron chi connectivity index (χ0n) is 10.2. The lowest BCUT2D eigenvalue weighted by Gasteiger charge is -2.02. The molecule has 2 heteroatoms. The largest absolute Gasteiger partial charge is 0.395 e. The summed E-state index contributed by atoms with van der Waals surface area (Å²) in [5.74, 6) is 0.518. The molecule has 0 aliphatic rings. The lowest BCUT2D eigenvalue weighted by Crippen LogP contribution is -1.99. The van der Waals surface area contributed by atoms with Crippen molar-refractivity contribution in [1.82, 2.24) is 4.57 Å². The van der Waals surface area contributed by atoms with Crippen LogP contribution in [0.2, 0.25) is 0 Å². The highest BCUT2D eigenvalue weighted by molar-refractivity contribution is 5.85. The van der Waals surface area contributed by atoms with Crippen molar-refractivity contribution in [3.63, 3.8) is 0 Å². The van der Waals surface area contributed by atoms with Gasteiger partial charge in [0.05, 0.1) is 6.61 Å². The molecule has 0 atom stereocenters. The summed E-state index contributed by atoms with van der Waals surface area (Å²) in [5, 5.41) is 10.4. The van der Waals surface area contributed by atoms with Gasteiger partial charge in [0.15, 0.2) is 0 Å². The summed E-state index contributed by atoms with van der Waals surface area (Å²) in [7, 11) is 0. The van der Waals surface area contributed by atoms with Gasteiger partial charge in [-0.25, -0.2) is 0 Å². The number of rotatable bonds is 3. The zero-order valence-corrected chi connectivity index (χ0v) is 10.2. The maximum absolute atomic E-state index is 9.06. The van der Waals surface area contributed by atoms with E-state index < -0.39 is 0 Å². The molecular formula is C14H19NO. The van der Waals surface area contributed by atoms with Crippen molar-refractivity contribution >= 4 is 10.9 Å². The molecule has 0 radical (unpaired) electrons. The first-order chi connectivity index (χ1) is 7.63. The maximum atomic E-state index is 9.06. The predicted molar refractivity (Wildman–Crippen MR) is 67.8 cm³/mol. The fraction of sp³-hybridized carbons (Fsp3) is 0.429. The molecule has 0 bridgehead atoms. The summed E-state index contributed by atoms with van der Waals surface area (Å²) >= 11 is 0. The molecule has 1 aromatic carbocycles. The van der Waals surface area contributed by atoms with E-state index in [9.17, 15) is 0 Å². The minimum absolute atomic E-state index is 0.190. The topological polar surface area (TPSA) is 25.2 Å². The number of aromatic nitrogens is 1. The van der Waals surface area contributed by atoms with Crippen LogP contribution >= 0.6 is 0 Å². The van der Waals surface area contributed by atoms with Crippen molar-refractivity contribution in [2.24, 2.45) is 0 Å². The lowest BCUT2D eigenvalue weighted by molar-refractivity contribution is 0.278. The second-order valence-corrected chi connectivity index (χ2v) is 4.68. The molecule has 2 rings (SSSR count). The van der Waals surface area contributed by atoms with Crippen molar-refractivity contribution in [3.05, 3.63) is 35.5 Å². The fourth-order valence-corrected chi connectivity index (χ4v) is 2.19. The summed E-state index contributed by atoms with van der Waals surface area (Å²) in [6.45, 7) is 7.40. The van der Waals surface area contributed by atoms with E-state index in [-0.39, 0.29) is 6.61 Å². The third-order valence-corrected chi connectivity index (χ3v) is 3.03. The highest BCUT2D eigenvalue weighted by Crippen LogP contribution is 2.28. The summed E-state index contributed by atoms with van der Waals surface area (Å²) in [4.78, 5) is 0. The van der Waals surface area contributed by atoms with E-state index in [2.05, 4.69) is 49.7 Å². The van der Waals surface area contributed by atoms with Crippen LogP contribution in [0.5, 0.6) is 0 Å². The highest BCUT2D eigenvalue weighted by Gasteiger charge is 2.10. The molecule has 1 N–H and O–H groups in total. The molecule has 0 saturated carbocycles. The number of aliphatic hydroxyl groups excluding tert-OH is 1. The van der Waals surface area contributed by atoms with Gasteiger partial charge >= 0.3 is 0 Å². The first kappa shape index (κ1) is 11.2. The van der Waals surface area contributed by atoms with Crippen LogP contribution < -0.4 is 0 Å². The zero-order chi connectivity index (χ0) is 11.7. The monoisotopic (exact) mass is 217 g/mol. The predicted octanol–water partition coefficient (Wildman–Crippen LogP) is 3.07. The first-order valence-electron chi connectivity index (χ1n) is 5.83. The SMILES string of the molecule is Cc1ccc2c(c1)c(C(C)C)cn2CCO. The Morgan fingerprint density at radius 1 is 1.31 bits per heavy atom. The number of benzene rings is 1. The number of aryl methyl sites for hydroxylation is 1. The van der Waals surface area contributed by atoms with Gasteiger partial charge in [0.2, 0.25) is 0 Å². The van der Waals surface area contributed by atoms with E-state index in [1.54, 1.807) is 0 Å². The molecule has 0 aliphatic heterocycles. The van der Waals surface area contributed by atoms with E-state index in [1.165, 1.54) is 22.0 Å². The number of hydrogen-bond donors (Lipinski definition) is 1.